The highest BCUT2D eigenvalue weighted by molar-refractivity contribution is 5.59. The third-order valence-electron chi connectivity index (χ3n) is 3.77. The first-order chi connectivity index (χ1) is 8.79. The highest BCUT2D eigenvalue weighted by atomic mass is 15.1. The van der Waals surface area contributed by atoms with Gasteiger partial charge >= 0.3 is 0 Å². The van der Waals surface area contributed by atoms with Gasteiger partial charge in [-0.05, 0) is 24.0 Å². The van der Waals surface area contributed by atoms with E-state index in [9.17, 15) is 0 Å². The Labute approximate surface area is 108 Å². The van der Waals surface area contributed by atoms with Gasteiger partial charge in [0.25, 0.3) is 0 Å². The summed E-state index contributed by atoms with van der Waals surface area (Å²) in [6.07, 6.45) is 4.28. The largest absolute Gasteiger partial charge is 0.334 e. The molecule has 2 aromatic rings. The Balaban J connectivity index is 1.97. The summed E-state index contributed by atoms with van der Waals surface area (Å²) >= 11 is 0. The number of hydrogen-bond acceptors (Lipinski definition) is 1. The molecular formula is C16H18N2. The van der Waals surface area contributed by atoms with E-state index in [1.165, 1.54) is 11.4 Å². The molecule has 0 radical (unpaired) electrons. The molecule has 0 fully saturated rings. The molecule has 1 unspecified atom stereocenters. The molecule has 18 heavy (non-hydrogen) atoms. The standard InChI is InChI=1S/C16H18N2/c1-3-12(2)15-11-18-10-9-14(16(18)17-15)13-7-5-4-6-8-13/h4-8,11,14H,2-3,9-10H2,1H3. The lowest BCUT2D eigenvalue weighted by Crippen LogP contribution is -1.98. The summed E-state index contributed by atoms with van der Waals surface area (Å²) in [5.41, 5.74) is 3.56. The van der Waals surface area contributed by atoms with Gasteiger partial charge in [0.05, 0.1) is 5.69 Å². The lowest BCUT2D eigenvalue weighted by atomic mass is 9.97. The monoisotopic (exact) mass is 238 g/mol. The number of rotatable bonds is 3. The van der Waals surface area contributed by atoms with Crippen molar-refractivity contribution in [1.29, 1.82) is 0 Å². The first-order valence-corrected chi connectivity index (χ1v) is 6.59. The van der Waals surface area contributed by atoms with Crippen LogP contribution in [0.1, 0.15) is 42.8 Å². The molecule has 0 bridgehead atoms. The molecule has 2 heterocycles. The predicted octanol–water partition coefficient (Wildman–Crippen LogP) is 3.84. The number of imidazole rings is 1. The number of aryl methyl sites for hydroxylation is 1. The van der Waals surface area contributed by atoms with E-state index in [-0.39, 0.29) is 0 Å². The summed E-state index contributed by atoms with van der Waals surface area (Å²) < 4.78 is 2.29. The Morgan fingerprint density at radius 1 is 1.39 bits per heavy atom. The van der Waals surface area contributed by atoms with Gasteiger partial charge in [-0.2, -0.15) is 0 Å². The molecular weight excluding hydrogens is 220 g/mol. The molecule has 2 heteroatoms. The average molecular weight is 238 g/mol. The Hall–Kier alpha value is -1.83. The Bertz CT molecular complexity index is 566. The van der Waals surface area contributed by atoms with Crippen LogP contribution in [-0.2, 0) is 6.54 Å². The van der Waals surface area contributed by atoms with E-state index in [1.807, 2.05) is 0 Å². The van der Waals surface area contributed by atoms with Gasteiger partial charge in [0.2, 0.25) is 0 Å². The minimum absolute atomic E-state index is 0.449. The van der Waals surface area contributed by atoms with Crippen molar-refractivity contribution in [3.8, 4) is 0 Å². The minimum Gasteiger partial charge on any atom is -0.334 e. The molecule has 0 saturated heterocycles. The molecule has 0 aliphatic carbocycles. The number of benzene rings is 1. The fourth-order valence-electron chi connectivity index (χ4n) is 2.64. The zero-order chi connectivity index (χ0) is 12.5. The first kappa shape index (κ1) is 11.3. The van der Waals surface area contributed by atoms with Crippen LogP contribution in [0.4, 0.5) is 0 Å². The van der Waals surface area contributed by atoms with Crippen molar-refractivity contribution >= 4 is 5.57 Å². The van der Waals surface area contributed by atoms with Crippen molar-refractivity contribution < 1.29 is 0 Å². The highest BCUT2D eigenvalue weighted by Crippen LogP contribution is 2.34. The molecule has 0 saturated carbocycles. The molecule has 1 aromatic carbocycles. The molecule has 1 aromatic heterocycles. The topological polar surface area (TPSA) is 17.8 Å². The molecule has 0 spiro atoms. The van der Waals surface area contributed by atoms with E-state index in [2.05, 4.69) is 54.6 Å². The van der Waals surface area contributed by atoms with Gasteiger partial charge in [0.1, 0.15) is 5.82 Å². The van der Waals surface area contributed by atoms with Gasteiger partial charge in [0.15, 0.2) is 0 Å². The van der Waals surface area contributed by atoms with E-state index in [4.69, 9.17) is 4.98 Å². The van der Waals surface area contributed by atoms with Crippen molar-refractivity contribution in [3.05, 3.63) is 60.2 Å². The molecule has 2 nitrogen and oxygen atoms in total. The predicted molar refractivity (Wildman–Crippen MR) is 74.5 cm³/mol. The van der Waals surface area contributed by atoms with Gasteiger partial charge in [-0.15, -0.1) is 0 Å². The van der Waals surface area contributed by atoms with Gasteiger partial charge in [-0.25, -0.2) is 4.98 Å². The van der Waals surface area contributed by atoms with E-state index in [1.54, 1.807) is 0 Å². The van der Waals surface area contributed by atoms with E-state index in [0.717, 1.165) is 30.7 Å². The number of allylic oxidation sites excluding steroid dienone is 1. The maximum Gasteiger partial charge on any atom is 0.117 e. The Kier molecular flexibility index (Phi) is 2.78. The van der Waals surface area contributed by atoms with E-state index >= 15 is 0 Å². The van der Waals surface area contributed by atoms with Gasteiger partial charge < -0.3 is 4.57 Å². The van der Waals surface area contributed by atoms with Crippen LogP contribution < -0.4 is 0 Å². The van der Waals surface area contributed by atoms with Crippen molar-refractivity contribution in [1.82, 2.24) is 9.55 Å². The van der Waals surface area contributed by atoms with Crippen LogP contribution in [0.5, 0.6) is 0 Å². The Morgan fingerprint density at radius 2 is 2.17 bits per heavy atom. The molecule has 0 N–H and O–H groups in total. The second-order valence-corrected chi connectivity index (χ2v) is 4.89. The fraction of sp³-hybridized carbons (Fsp3) is 0.312. The summed E-state index contributed by atoms with van der Waals surface area (Å²) in [4.78, 5) is 4.78. The Morgan fingerprint density at radius 3 is 2.89 bits per heavy atom. The SMILES string of the molecule is C=C(CC)c1cn2c(n1)C(c1ccccc1)CC2. The third-order valence-corrected chi connectivity index (χ3v) is 3.77. The van der Waals surface area contributed by atoms with Crippen molar-refractivity contribution in [2.75, 3.05) is 0 Å². The van der Waals surface area contributed by atoms with Crippen molar-refractivity contribution in [3.63, 3.8) is 0 Å². The van der Waals surface area contributed by atoms with Crippen molar-refractivity contribution in [2.24, 2.45) is 0 Å². The average Bonchev–Trinajstić information content (AvgIpc) is 2.98. The summed E-state index contributed by atoms with van der Waals surface area (Å²) in [5.74, 6) is 1.65. The van der Waals surface area contributed by atoms with Crippen molar-refractivity contribution in [2.45, 2.75) is 32.2 Å². The molecule has 1 atom stereocenters. The van der Waals surface area contributed by atoms with E-state index in [0.29, 0.717) is 5.92 Å². The van der Waals surface area contributed by atoms with Crippen LogP contribution >= 0.6 is 0 Å². The third kappa shape index (κ3) is 1.78. The van der Waals surface area contributed by atoms with Crippen LogP contribution in [0.3, 0.4) is 0 Å². The van der Waals surface area contributed by atoms with Crippen LogP contribution in [0.25, 0.3) is 5.57 Å². The molecule has 0 amide bonds. The first-order valence-electron chi connectivity index (χ1n) is 6.59. The van der Waals surface area contributed by atoms with Crippen LogP contribution in [0.2, 0.25) is 0 Å². The highest BCUT2D eigenvalue weighted by Gasteiger charge is 2.26. The second kappa shape index (κ2) is 4.45. The number of hydrogen-bond donors (Lipinski definition) is 0. The number of aromatic nitrogens is 2. The lowest BCUT2D eigenvalue weighted by Gasteiger charge is -2.08. The van der Waals surface area contributed by atoms with Crippen LogP contribution in [-0.4, -0.2) is 9.55 Å². The summed E-state index contributed by atoms with van der Waals surface area (Å²) in [6, 6.07) is 10.7. The van der Waals surface area contributed by atoms with Gasteiger partial charge in [-0.3, -0.25) is 0 Å². The second-order valence-electron chi connectivity index (χ2n) is 4.89. The normalized spacial score (nSPS) is 17.7. The molecule has 1 aliphatic heterocycles. The van der Waals surface area contributed by atoms with Gasteiger partial charge in [0, 0.05) is 18.7 Å². The lowest BCUT2D eigenvalue weighted by molar-refractivity contribution is 0.719. The summed E-state index contributed by atoms with van der Waals surface area (Å²) in [5, 5.41) is 0. The summed E-state index contributed by atoms with van der Waals surface area (Å²) in [7, 11) is 0. The zero-order valence-corrected chi connectivity index (χ0v) is 10.8. The summed E-state index contributed by atoms with van der Waals surface area (Å²) in [6.45, 7) is 7.27. The fourth-order valence-corrected chi connectivity index (χ4v) is 2.64. The maximum absolute atomic E-state index is 4.78. The minimum atomic E-state index is 0.449. The van der Waals surface area contributed by atoms with E-state index < -0.39 is 0 Å². The maximum atomic E-state index is 4.78. The molecule has 92 valence electrons. The van der Waals surface area contributed by atoms with Crippen LogP contribution in [0.15, 0.2) is 43.1 Å². The number of fused-ring (bicyclic) bond motifs is 1. The quantitative estimate of drug-likeness (QED) is 0.794. The zero-order valence-electron chi connectivity index (χ0n) is 10.8. The number of nitrogens with zero attached hydrogens (tertiary/aromatic N) is 2. The van der Waals surface area contributed by atoms with Crippen LogP contribution in [0, 0.1) is 0 Å². The molecule has 3 rings (SSSR count). The smallest absolute Gasteiger partial charge is 0.117 e. The van der Waals surface area contributed by atoms with Gasteiger partial charge in [-0.1, -0.05) is 43.8 Å². The molecule has 1 aliphatic rings.